The van der Waals surface area contributed by atoms with E-state index in [0.29, 0.717) is 12.3 Å². The molecule has 1 atom stereocenters. The zero-order chi connectivity index (χ0) is 24.2. The van der Waals surface area contributed by atoms with Crippen molar-refractivity contribution in [2.75, 3.05) is 33.4 Å². The highest BCUT2D eigenvalue weighted by Gasteiger charge is 2.29. The normalized spacial score (nSPS) is 18.1. The highest BCUT2D eigenvalue weighted by molar-refractivity contribution is 5.95. The fourth-order valence-corrected chi connectivity index (χ4v) is 4.35. The highest BCUT2D eigenvalue weighted by Crippen LogP contribution is 2.26. The number of benzene rings is 1. The molecule has 1 aromatic carbocycles. The zero-order valence-electron chi connectivity index (χ0n) is 18.9. The number of esters is 1. The van der Waals surface area contributed by atoms with E-state index in [9.17, 15) is 23.2 Å². The van der Waals surface area contributed by atoms with E-state index in [-0.39, 0.29) is 55.6 Å². The van der Waals surface area contributed by atoms with E-state index < -0.39 is 29.1 Å². The van der Waals surface area contributed by atoms with E-state index in [1.54, 1.807) is 0 Å². The first-order chi connectivity index (χ1) is 16.4. The van der Waals surface area contributed by atoms with Crippen LogP contribution in [0.4, 0.5) is 8.78 Å². The van der Waals surface area contributed by atoms with Gasteiger partial charge in [0, 0.05) is 44.4 Å². The topological polar surface area (TPSA) is 87.1 Å². The zero-order valence-corrected chi connectivity index (χ0v) is 18.9. The van der Waals surface area contributed by atoms with E-state index in [0.717, 1.165) is 25.3 Å². The van der Waals surface area contributed by atoms with Crippen molar-refractivity contribution in [2.24, 2.45) is 0 Å². The Morgan fingerprint density at radius 1 is 1.18 bits per heavy atom. The lowest BCUT2D eigenvalue weighted by Gasteiger charge is -2.24. The lowest BCUT2D eigenvalue weighted by molar-refractivity contribution is -0.0114. The monoisotopic (exact) mass is 476 g/mol. The molecule has 34 heavy (non-hydrogen) atoms. The van der Waals surface area contributed by atoms with E-state index >= 15 is 0 Å². The van der Waals surface area contributed by atoms with Gasteiger partial charge in [-0.25, -0.2) is 13.6 Å². The standard InChI is InChI=1S/C24H26F2N2O6/c1-32-24(31)21-18-8-9-27(23(30)16-6-4-7-17(25)22(16)26)10-11-28(18)20(29)13-19(21)34-14-15-5-2-3-12-33-15/h4,6-7,13,15H,2-3,5,8-12,14H2,1H3. The van der Waals surface area contributed by atoms with Gasteiger partial charge in [-0.05, 0) is 31.4 Å². The first-order valence-corrected chi connectivity index (χ1v) is 11.2. The first kappa shape index (κ1) is 23.9. The van der Waals surface area contributed by atoms with E-state index in [2.05, 4.69) is 0 Å². The van der Waals surface area contributed by atoms with Crippen molar-refractivity contribution in [3.8, 4) is 5.75 Å². The number of rotatable bonds is 5. The molecule has 0 bridgehead atoms. The van der Waals surface area contributed by atoms with Crippen LogP contribution in [-0.4, -0.2) is 60.9 Å². The molecule has 1 aromatic heterocycles. The molecule has 10 heteroatoms. The van der Waals surface area contributed by atoms with Gasteiger partial charge in [0.15, 0.2) is 11.6 Å². The molecule has 3 heterocycles. The Morgan fingerprint density at radius 3 is 2.74 bits per heavy atom. The van der Waals surface area contributed by atoms with Crippen molar-refractivity contribution in [3.63, 3.8) is 0 Å². The molecular formula is C24H26F2N2O6. The second kappa shape index (κ2) is 10.3. The smallest absolute Gasteiger partial charge is 0.343 e. The van der Waals surface area contributed by atoms with Gasteiger partial charge in [-0.1, -0.05) is 6.07 Å². The summed E-state index contributed by atoms with van der Waals surface area (Å²) in [6.07, 6.45) is 2.82. The molecular weight excluding hydrogens is 450 g/mol. The molecule has 1 saturated heterocycles. The molecule has 2 aliphatic rings. The van der Waals surface area contributed by atoms with Gasteiger partial charge in [-0.2, -0.15) is 0 Å². The van der Waals surface area contributed by atoms with Crippen molar-refractivity contribution in [1.82, 2.24) is 9.47 Å². The average molecular weight is 476 g/mol. The molecule has 182 valence electrons. The number of fused-ring (bicyclic) bond motifs is 1. The van der Waals surface area contributed by atoms with Crippen LogP contribution in [0.5, 0.6) is 5.75 Å². The molecule has 0 N–H and O–H groups in total. The van der Waals surface area contributed by atoms with Crippen LogP contribution in [0.15, 0.2) is 29.1 Å². The number of halogens is 2. The predicted octanol–water partition coefficient (Wildman–Crippen LogP) is 2.56. The van der Waals surface area contributed by atoms with Crippen LogP contribution >= 0.6 is 0 Å². The van der Waals surface area contributed by atoms with Crippen LogP contribution in [0.25, 0.3) is 0 Å². The molecule has 0 aliphatic carbocycles. The Labute approximate surface area is 195 Å². The summed E-state index contributed by atoms with van der Waals surface area (Å²) < 4.78 is 45.7. The van der Waals surface area contributed by atoms with Crippen LogP contribution in [-0.2, 0) is 22.4 Å². The quantitative estimate of drug-likeness (QED) is 0.617. The Balaban J connectivity index is 1.61. The Morgan fingerprint density at radius 2 is 2.00 bits per heavy atom. The third-order valence-electron chi connectivity index (χ3n) is 6.15. The maximum atomic E-state index is 14.2. The van der Waals surface area contributed by atoms with Crippen LogP contribution in [0.3, 0.4) is 0 Å². The average Bonchev–Trinajstić information content (AvgIpc) is 3.08. The minimum absolute atomic E-state index is 0.0762. The van der Waals surface area contributed by atoms with Crippen molar-refractivity contribution in [1.29, 1.82) is 0 Å². The van der Waals surface area contributed by atoms with E-state index in [1.165, 1.54) is 34.8 Å². The molecule has 1 fully saturated rings. The number of aromatic nitrogens is 1. The lowest BCUT2D eigenvalue weighted by atomic mass is 10.1. The van der Waals surface area contributed by atoms with Gasteiger partial charge in [-0.3, -0.25) is 9.59 Å². The predicted molar refractivity (Wildman–Crippen MR) is 117 cm³/mol. The summed E-state index contributed by atoms with van der Waals surface area (Å²) in [6.45, 7) is 1.08. The number of amides is 1. The maximum Gasteiger partial charge on any atom is 0.343 e. The second-order valence-electron chi connectivity index (χ2n) is 8.25. The number of carbonyl (C=O) groups excluding carboxylic acids is 2. The fraction of sp³-hybridized carbons (Fsp3) is 0.458. The summed E-state index contributed by atoms with van der Waals surface area (Å²) in [6, 6.07) is 4.65. The Bertz CT molecular complexity index is 1140. The second-order valence-corrected chi connectivity index (χ2v) is 8.25. The SMILES string of the molecule is COC(=O)c1c(OCC2CCCCO2)cc(=O)n2c1CCN(C(=O)c1cccc(F)c1F)CC2. The van der Waals surface area contributed by atoms with Gasteiger partial charge in [-0.15, -0.1) is 0 Å². The number of hydrogen-bond acceptors (Lipinski definition) is 6. The maximum absolute atomic E-state index is 14.2. The molecule has 1 amide bonds. The summed E-state index contributed by atoms with van der Waals surface area (Å²) in [7, 11) is 1.23. The minimum atomic E-state index is -1.22. The van der Waals surface area contributed by atoms with Crippen molar-refractivity contribution < 1.29 is 32.6 Å². The van der Waals surface area contributed by atoms with Crippen molar-refractivity contribution >= 4 is 11.9 Å². The third-order valence-corrected chi connectivity index (χ3v) is 6.15. The molecule has 0 spiro atoms. The van der Waals surface area contributed by atoms with Gasteiger partial charge in [0.05, 0.1) is 18.8 Å². The summed E-state index contributed by atoms with van der Waals surface area (Å²) >= 11 is 0. The van der Waals surface area contributed by atoms with Crippen LogP contribution in [0.2, 0.25) is 0 Å². The first-order valence-electron chi connectivity index (χ1n) is 11.2. The van der Waals surface area contributed by atoms with Gasteiger partial charge in [0.25, 0.3) is 11.5 Å². The number of ether oxygens (including phenoxy) is 3. The molecule has 2 aromatic rings. The number of carbonyl (C=O) groups is 2. The molecule has 0 radical (unpaired) electrons. The Hall–Kier alpha value is -3.27. The minimum Gasteiger partial charge on any atom is -0.490 e. The van der Waals surface area contributed by atoms with Gasteiger partial charge >= 0.3 is 5.97 Å². The summed E-state index contributed by atoms with van der Waals surface area (Å²) in [5.74, 6) is -3.59. The molecule has 1 unspecified atom stereocenters. The summed E-state index contributed by atoms with van der Waals surface area (Å²) in [5, 5.41) is 0. The van der Waals surface area contributed by atoms with Gasteiger partial charge in [0.1, 0.15) is 17.9 Å². The number of methoxy groups -OCH3 is 1. The molecule has 4 rings (SSSR count). The van der Waals surface area contributed by atoms with Crippen molar-refractivity contribution in [3.05, 3.63) is 63.1 Å². The molecule has 2 aliphatic heterocycles. The van der Waals surface area contributed by atoms with Gasteiger partial charge in [0.2, 0.25) is 0 Å². The highest BCUT2D eigenvalue weighted by atomic mass is 19.2. The number of hydrogen-bond donors (Lipinski definition) is 0. The summed E-state index contributed by atoms with van der Waals surface area (Å²) in [5.41, 5.74) is -0.297. The lowest BCUT2D eigenvalue weighted by Crippen LogP contribution is -2.35. The number of pyridine rings is 1. The van der Waals surface area contributed by atoms with Gasteiger partial charge < -0.3 is 23.7 Å². The van der Waals surface area contributed by atoms with Crippen LogP contribution in [0, 0.1) is 11.6 Å². The Kier molecular flexibility index (Phi) is 7.26. The largest absolute Gasteiger partial charge is 0.490 e. The number of nitrogens with zero attached hydrogens (tertiary/aromatic N) is 2. The molecule has 0 saturated carbocycles. The van der Waals surface area contributed by atoms with Crippen molar-refractivity contribution in [2.45, 2.75) is 38.3 Å². The van der Waals surface area contributed by atoms with E-state index in [4.69, 9.17) is 14.2 Å². The van der Waals surface area contributed by atoms with E-state index in [1.807, 2.05) is 0 Å². The van der Waals surface area contributed by atoms with Crippen LogP contribution in [0.1, 0.15) is 45.7 Å². The molecule has 8 nitrogen and oxygen atoms in total. The van der Waals surface area contributed by atoms with Crippen LogP contribution < -0.4 is 10.3 Å². The third kappa shape index (κ3) is 4.82. The fourth-order valence-electron chi connectivity index (χ4n) is 4.35. The summed E-state index contributed by atoms with van der Waals surface area (Å²) in [4.78, 5) is 39.8.